The van der Waals surface area contributed by atoms with E-state index in [9.17, 15) is 43.2 Å². The summed E-state index contributed by atoms with van der Waals surface area (Å²) in [6.45, 7) is 11.8. The van der Waals surface area contributed by atoms with Crippen LogP contribution in [0, 0.1) is 17.8 Å². The fraction of sp³-hybridized carbons (Fsp3) is 0.944. The number of aliphatic hydroxyl groups excluding tert-OH is 1. The Bertz CT molecular complexity index is 1790. The van der Waals surface area contributed by atoms with E-state index in [0.717, 1.165) is 114 Å². The van der Waals surface area contributed by atoms with Gasteiger partial charge < -0.3 is 33.8 Å². The normalized spacial score (nSPS) is 14.8. The standard InChI is InChI=1S/C72H140O17P2/c1-8-11-12-13-14-15-16-17-18-19-26-31-39-46-53-69(74)82-59-67(88-72(77)56-49-42-33-28-23-21-25-30-37-44-51-64(6)9-2)61-86-90(78,79)84-57-66(73)58-85-91(80,81)87-62-68(60-83-70(75)54-47-40-35-34-38-45-52-65(7)10-3)89-71(76)55-48-41-32-27-22-20-24-29-36-43-50-63(4)5/h63-68,73H,8-62H2,1-7H3,(H,78,79)(H,80,81)/t64?,65?,66-,67-,68-/m1/s1. The molecule has 0 bridgehead atoms. The van der Waals surface area contributed by atoms with Crippen molar-refractivity contribution >= 4 is 39.5 Å². The number of phosphoric ester groups is 2. The van der Waals surface area contributed by atoms with Crippen LogP contribution in [0.3, 0.4) is 0 Å². The van der Waals surface area contributed by atoms with Crippen LogP contribution in [0.2, 0.25) is 0 Å². The lowest BCUT2D eigenvalue weighted by atomic mass is 9.99. The average molecular weight is 1340 g/mol. The number of phosphoric acid groups is 2. The SMILES string of the molecule is CCCCCCCCCCCCCCCCC(=O)OC[C@H](COP(=O)(O)OC[C@@H](O)COP(=O)(O)OC[C@@H](COC(=O)CCCCCCCCC(C)CC)OC(=O)CCCCCCCCCCCCC(C)C)OC(=O)CCCCCCCCCCCCC(C)CC. The Morgan fingerprint density at radius 2 is 0.560 bits per heavy atom. The number of unbranched alkanes of at least 4 members (excludes halogenated alkanes) is 36. The number of aliphatic hydroxyl groups is 1. The molecule has 0 spiro atoms. The van der Waals surface area contributed by atoms with Gasteiger partial charge in [0.25, 0.3) is 0 Å². The van der Waals surface area contributed by atoms with Gasteiger partial charge in [-0.05, 0) is 43.4 Å². The summed E-state index contributed by atoms with van der Waals surface area (Å²) in [7, 11) is -9.91. The number of hydrogen-bond acceptors (Lipinski definition) is 15. The van der Waals surface area contributed by atoms with Crippen LogP contribution in [-0.4, -0.2) is 96.7 Å². The Balaban J connectivity index is 5.27. The van der Waals surface area contributed by atoms with Gasteiger partial charge >= 0.3 is 39.5 Å². The van der Waals surface area contributed by atoms with Crippen molar-refractivity contribution < 1.29 is 80.2 Å². The molecule has 0 radical (unpaired) electrons. The van der Waals surface area contributed by atoms with Gasteiger partial charge in [0.1, 0.15) is 19.3 Å². The van der Waals surface area contributed by atoms with Crippen molar-refractivity contribution in [1.29, 1.82) is 0 Å². The number of hydrogen-bond donors (Lipinski definition) is 3. The maximum Gasteiger partial charge on any atom is 0.472 e. The summed E-state index contributed by atoms with van der Waals surface area (Å²) in [5.74, 6) is 0.162. The van der Waals surface area contributed by atoms with E-state index < -0.39 is 97.5 Å². The number of ether oxygens (including phenoxy) is 4. The van der Waals surface area contributed by atoms with Crippen LogP contribution in [0.15, 0.2) is 0 Å². The van der Waals surface area contributed by atoms with Crippen LogP contribution in [0.5, 0.6) is 0 Å². The Morgan fingerprint density at radius 3 is 0.835 bits per heavy atom. The molecule has 0 aromatic carbocycles. The molecular weight excluding hydrogens is 1200 g/mol. The Labute approximate surface area is 556 Å². The van der Waals surface area contributed by atoms with Crippen molar-refractivity contribution in [2.45, 2.75) is 381 Å². The second-order valence-corrected chi connectivity index (χ2v) is 29.8. The molecule has 0 rings (SSSR count). The average Bonchev–Trinajstić information content (AvgIpc) is 3.70. The first-order valence-electron chi connectivity index (χ1n) is 37.4. The van der Waals surface area contributed by atoms with Gasteiger partial charge in [-0.3, -0.25) is 37.3 Å². The summed E-state index contributed by atoms with van der Waals surface area (Å²) >= 11 is 0. The first-order chi connectivity index (χ1) is 43.8. The van der Waals surface area contributed by atoms with Crippen molar-refractivity contribution in [3.05, 3.63) is 0 Å². The van der Waals surface area contributed by atoms with Crippen molar-refractivity contribution in [1.82, 2.24) is 0 Å². The first-order valence-corrected chi connectivity index (χ1v) is 40.4. The number of carbonyl (C=O) groups excluding carboxylic acids is 4. The molecule has 91 heavy (non-hydrogen) atoms. The maximum absolute atomic E-state index is 13.0. The van der Waals surface area contributed by atoms with Gasteiger partial charge in [-0.2, -0.15) is 0 Å². The third-order valence-corrected chi connectivity index (χ3v) is 19.3. The van der Waals surface area contributed by atoms with Gasteiger partial charge in [-0.1, -0.05) is 312 Å². The topological polar surface area (TPSA) is 237 Å². The highest BCUT2D eigenvalue weighted by Gasteiger charge is 2.30. The van der Waals surface area contributed by atoms with E-state index in [2.05, 4.69) is 48.5 Å². The quantitative estimate of drug-likeness (QED) is 0.0222. The van der Waals surface area contributed by atoms with Gasteiger partial charge in [0.05, 0.1) is 26.4 Å². The maximum atomic E-state index is 13.0. The molecule has 7 atom stereocenters. The zero-order valence-electron chi connectivity index (χ0n) is 59.3. The molecule has 0 heterocycles. The second kappa shape index (κ2) is 62.8. The van der Waals surface area contributed by atoms with Crippen LogP contribution in [0.1, 0.15) is 363 Å². The Hall–Kier alpha value is -1.94. The smallest absolute Gasteiger partial charge is 0.462 e. The summed E-state index contributed by atoms with van der Waals surface area (Å²) in [6, 6.07) is 0. The molecule has 0 aromatic rings. The predicted octanol–water partition coefficient (Wildman–Crippen LogP) is 20.6. The van der Waals surface area contributed by atoms with Crippen molar-refractivity contribution in [2.24, 2.45) is 17.8 Å². The molecule has 0 amide bonds. The summed E-state index contributed by atoms with van der Waals surface area (Å²) in [6.07, 6.45) is 47.0. The summed E-state index contributed by atoms with van der Waals surface area (Å²) < 4.78 is 68.4. The summed E-state index contributed by atoms with van der Waals surface area (Å²) in [5.41, 5.74) is 0. The summed E-state index contributed by atoms with van der Waals surface area (Å²) in [5, 5.41) is 10.6. The van der Waals surface area contributed by atoms with Gasteiger partial charge in [0.15, 0.2) is 12.2 Å². The van der Waals surface area contributed by atoms with E-state index in [1.807, 2.05) is 0 Å². The third kappa shape index (κ3) is 63.9. The summed E-state index contributed by atoms with van der Waals surface area (Å²) in [4.78, 5) is 72.7. The minimum absolute atomic E-state index is 0.105. The lowest BCUT2D eigenvalue weighted by molar-refractivity contribution is -0.161. The van der Waals surface area contributed by atoms with Gasteiger partial charge in [0.2, 0.25) is 0 Å². The molecule has 0 saturated heterocycles. The molecule has 0 fully saturated rings. The highest BCUT2D eigenvalue weighted by Crippen LogP contribution is 2.45. The van der Waals surface area contributed by atoms with E-state index in [1.54, 1.807) is 0 Å². The molecule has 0 saturated carbocycles. The van der Waals surface area contributed by atoms with Gasteiger partial charge in [0, 0.05) is 25.7 Å². The lowest BCUT2D eigenvalue weighted by Crippen LogP contribution is -2.30. The zero-order chi connectivity index (χ0) is 67.3. The van der Waals surface area contributed by atoms with Gasteiger partial charge in [-0.25, -0.2) is 9.13 Å². The fourth-order valence-corrected chi connectivity index (χ4v) is 12.4. The van der Waals surface area contributed by atoms with Crippen LogP contribution in [-0.2, 0) is 65.4 Å². The van der Waals surface area contributed by atoms with Gasteiger partial charge in [-0.15, -0.1) is 0 Å². The van der Waals surface area contributed by atoms with Crippen molar-refractivity contribution in [2.75, 3.05) is 39.6 Å². The molecule has 0 aliphatic heterocycles. The zero-order valence-corrected chi connectivity index (χ0v) is 61.1. The molecule has 540 valence electrons. The largest absolute Gasteiger partial charge is 0.472 e. The Morgan fingerprint density at radius 1 is 0.319 bits per heavy atom. The van der Waals surface area contributed by atoms with E-state index in [0.29, 0.717) is 25.7 Å². The highest BCUT2D eigenvalue weighted by atomic mass is 31.2. The molecule has 19 heteroatoms. The second-order valence-electron chi connectivity index (χ2n) is 26.9. The van der Waals surface area contributed by atoms with E-state index in [4.69, 9.17) is 37.0 Å². The highest BCUT2D eigenvalue weighted by molar-refractivity contribution is 7.47. The number of esters is 4. The third-order valence-electron chi connectivity index (χ3n) is 17.4. The lowest BCUT2D eigenvalue weighted by Gasteiger charge is -2.21. The molecule has 3 N–H and O–H groups in total. The molecule has 17 nitrogen and oxygen atoms in total. The Kier molecular flexibility index (Phi) is 61.5. The van der Waals surface area contributed by atoms with E-state index >= 15 is 0 Å². The minimum Gasteiger partial charge on any atom is -0.462 e. The number of rotatable bonds is 70. The molecular formula is C72H140O17P2. The van der Waals surface area contributed by atoms with Crippen LogP contribution in [0.25, 0.3) is 0 Å². The van der Waals surface area contributed by atoms with Crippen LogP contribution >= 0.6 is 15.6 Å². The predicted molar refractivity (Wildman–Crippen MR) is 368 cm³/mol. The van der Waals surface area contributed by atoms with Crippen LogP contribution in [0.4, 0.5) is 0 Å². The van der Waals surface area contributed by atoms with Crippen molar-refractivity contribution in [3.63, 3.8) is 0 Å². The molecule has 0 aromatic heterocycles. The first kappa shape index (κ1) is 89.1. The minimum atomic E-state index is -4.95. The number of carbonyl (C=O) groups is 4. The van der Waals surface area contributed by atoms with Crippen LogP contribution < -0.4 is 0 Å². The van der Waals surface area contributed by atoms with E-state index in [-0.39, 0.29) is 25.7 Å². The molecule has 0 aliphatic rings. The molecule has 0 aliphatic carbocycles. The van der Waals surface area contributed by atoms with E-state index in [1.165, 1.54) is 167 Å². The fourth-order valence-electron chi connectivity index (χ4n) is 10.8. The molecule has 4 unspecified atom stereocenters. The van der Waals surface area contributed by atoms with Crippen molar-refractivity contribution in [3.8, 4) is 0 Å². The monoisotopic (exact) mass is 1340 g/mol.